The summed E-state index contributed by atoms with van der Waals surface area (Å²) in [4.78, 5) is 8.64. The molecule has 1 heterocycles. The SMILES string of the molecule is CCNc1ncnc(NCC(C)(C)CO)c1C(C)C. The first kappa shape index (κ1) is 15.7. The monoisotopic (exact) mass is 266 g/mol. The summed E-state index contributed by atoms with van der Waals surface area (Å²) in [5, 5.41) is 15.9. The molecule has 0 aromatic carbocycles. The molecule has 0 fully saturated rings. The molecule has 0 aliphatic heterocycles. The van der Waals surface area contributed by atoms with E-state index >= 15 is 0 Å². The van der Waals surface area contributed by atoms with Crippen LogP contribution in [0.1, 0.15) is 46.1 Å². The quantitative estimate of drug-likeness (QED) is 0.707. The molecule has 0 bridgehead atoms. The van der Waals surface area contributed by atoms with Crippen molar-refractivity contribution >= 4 is 11.6 Å². The van der Waals surface area contributed by atoms with Gasteiger partial charge >= 0.3 is 0 Å². The Balaban J connectivity index is 2.96. The van der Waals surface area contributed by atoms with Crippen LogP contribution in [0.5, 0.6) is 0 Å². The molecule has 1 aromatic rings. The van der Waals surface area contributed by atoms with E-state index in [1.165, 1.54) is 0 Å². The third-order valence-electron chi connectivity index (χ3n) is 2.97. The van der Waals surface area contributed by atoms with Gasteiger partial charge in [0.05, 0.1) is 0 Å². The first-order chi connectivity index (χ1) is 8.91. The summed E-state index contributed by atoms with van der Waals surface area (Å²) in [6, 6.07) is 0. The molecule has 1 aromatic heterocycles. The fourth-order valence-electron chi connectivity index (χ4n) is 1.77. The maximum absolute atomic E-state index is 9.30. The molecular weight excluding hydrogens is 240 g/mol. The maximum atomic E-state index is 9.30. The maximum Gasteiger partial charge on any atom is 0.135 e. The minimum Gasteiger partial charge on any atom is -0.396 e. The van der Waals surface area contributed by atoms with E-state index < -0.39 is 0 Å². The second kappa shape index (κ2) is 6.70. The molecule has 0 atom stereocenters. The van der Waals surface area contributed by atoms with Crippen molar-refractivity contribution in [1.29, 1.82) is 0 Å². The van der Waals surface area contributed by atoms with Gasteiger partial charge in [0, 0.05) is 30.7 Å². The average Bonchev–Trinajstić information content (AvgIpc) is 2.36. The fraction of sp³-hybridized carbons (Fsp3) is 0.714. The zero-order chi connectivity index (χ0) is 14.5. The molecule has 0 aliphatic rings. The van der Waals surface area contributed by atoms with E-state index in [1.54, 1.807) is 6.33 Å². The van der Waals surface area contributed by atoms with Crippen LogP contribution in [0.25, 0.3) is 0 Å². The third kappa shape index (κ3) is 4.35. The summed E-state index contributed by atoms with van der Waals surface area (Å²) in [7, 11) is 0. The number of hydrogen-bond donors (Lipinski definition) is 3. The zero-order valence-corrected chi connectivity index (χ0v) is 12.6. The van der Waals surface area contributed by atoms with Gasteiger partial charge in [-0.25, -0.2) is 9.97 Å². The summed E-state index contributed by atoms with van der Waals surface area (Å²) in [5.74, 6) is 2.06. The van der Waals surface area contributed by atoms with Crippen LogP contribution in [0.3, 0.4) is 0 Å². The molecule has 0 spiro atoms. The Kier molecular flexibility index (Phi) is 5.54. The van der Waals surface area contributed by atoms with Gasteiger partial charge in [0.2, 0.25) is 0 Å². The molecule has 1 rings (SSSR count). The van der Waals surface area contributed by atoms with Crippen molar-refractivity contribution in [2.45, 2.75) is 40.5 Å². The lowest BCUT2D eigenvalue weighted by Gasteiger charge is -2.24. The smallest absolute Gasteiger partial charge is 0.135 e. The van der Waals surface area contributed by atoms with Crippen LogP contribution in [-0.2, 0) is 0 Å². The van der Waals surface area contributed by atoms with Crippen molar-refractivity contribution in [2.24, 2.45) is 5.41 Å². The van der Waals surface area contributed by atoms with E-state index in [0.29, 0.717) is 12.5 Å². The molecule has 0 unspecified atom stereocenters. The van der Waals surface area contributed by atoms with Crippen LogP contribution < -0.4 is 10.6 Å². The molecule has 19 heavy (non-hydrogen) atoms. The number of aliphatic hydroxyl groups excluding tert-OH is 1. The van der Waals surface area contributed by atoms with Crippen LogP contribution in [0.2, 0.25) is 0 Å². The van der Waals surface area contributed by atoms with Crippen LogP contribution in [0.15, 0.2) is 6.33 Å². The van der Waals surface area contributed by atoms with Gasteiger partial charge in [-0.15, -0.1) is 0 Å². The van der Waals surface area contributed by atoms with Crippen molar-refractivity contribution in [1.82, 2.24) is 9.97 Å². The highest BCUT2D eigenvalue weighted by atomic mass is 16.3. The van der Waals surface area contributed by atoms with E-state index in [9.17, 15) is 5.11 Å². The summed E-state index contributed by atoms with van der Waals surface area (Å²) < 4.78 is 0. The van der Waals surface area contributed by atoms with Crippen molar-refractivity contribution in [3.8, 4) is 0 Å². The highest BCUT2D eigenvalue weighted by Gasteiger charge is 2.19. The summed E-state index contributed by atoms with van der Waals surface area (Å²) in [6.07, 6.45) is 1.57. The van der Waals surface area contributed by atoms with Crippen molar-refractivity contribution in [2.75, 3.05) is 30.3 Å². The van der Waals surface area contributed by atoms with Crippen LogP contribution in [-0.4, -0.2) is 34.8 Å². The summed E-state index contributed by atoms with van der Waals surface area (Å²) >= 11 is 0. The number of anilines is 2. The van der Waals surface area contributed by atoms with E-state index in [4.69, 9.17) is 0 Å². The number of aromatic nitrogens is 2. The van der Waals surface area contributed by atoms with Gasteiger partial charge in [0.15, 0.2) is 0 Å². The van der Waals surface area contributed by atoms with Gasteiger partial charge in [-0.3, -0.25) is 0 Å². The highest BCUT2D eigenvalue weighted by Crippen LogP contribution is 2.29. The molecule has 3 N–H and O–H groups in total. The second-order valence-corrected chi connectivity index (χ2v) is 5.85. The first-order valence-corrected chi connectivity index (χ1v) is 6.84. The summed E-state index contributed by atoms with van der Waals surface area (Å²) in [6.45, 7) is 12.0. The Morgan fingerprint density at radius 1 is 1.21 bits per heavy atom. The lowest BCUT2D eigenvalue weighted by atomic mass is 9.94. The molecule has 0 saturated heterocycles. The van der Waals surface area contributed by atoms with Crippen molar-refractivity contribution in [3.05, 3.63) is 11.9 Å². The topological polar surface area (TPSA) is 70.1 Å². The Bertz CT molecular complexity index is 404. The number of nitrogens with zero attached hydrogens (tertiary/aromatic N) is 2. The van der Waals surface area contributed by atoms with Gasteiger partial charge < -0.3 is 15.7 Å². The van der Waals surface area contributed by atoms with Gasteiger partial charge in [-0.2, -0.15) is 0 Å². The number of aliphatic hydroxyl groups is 1. The average molecular weight is 266 g/mol. The molecule has 5 nitrogen and oxygen atoms in total. The molecule has 0 amide bonds. The minimum atomic E-state index is -0.169. The molecular formula is C14H26N4O. The van der Waals surface area contributed by atoms with Crippen LogP contribution in [0, 0.1) is 5.41 Å². The summed E-state index contributed by atoms with van der Waals surface area (Å²) in [5.41, 5.74) is 0.926. The highest BCUT2D eigenvalue weighted by molar-refractivity contribution is 5.59. The van der Waals surface area contributed by atoms with E-state index in [1.807, 2.05) is 20.8 Å². The van der Waals surface area contributed by atoms with E-state index in [2.05, 4.69) is 34.4 Å². The molecule has 0 saturated carbocycles. The molecule has 0 radical (unpaired) electrons. The first-order valence-electron chi connectivity index (χ1n) is 6.84. The van der Waals surface area contributed by atoms with Gasteiger partial charge in [0.1, 0.15) is 18.0 Å². The largest absolute Gasteiger partial charge is 0.396 e. The normalized spacial score (nSPS) is 11.7. The Hall–Kier alpha value is -1.36. The number of hydrogen-bond acceptors (Lipinski definition) is 5. The predicted octanol–water partition coefficient (Wildman–Crippen LogP) is 2.46. The lowest BCUT2D eigenvalue weighted by molar-refractivity contribution is 0.170. The van der Waals surface area contributed by atoms with E-state index in [-0.39, 0.29) is 12.0 Å². The zero-order valence-electron chi connectivity index (χ0n) is 12.6. The molecule has 0 aliphatic carbocycles. The van der Waals surface area contributed by atoms with Crippen molar-refractivity contribution in [3.63, 3.8) is 0 Å². The third-order valence-corrected chi connectivity index (χ3v) is 2.97. The fourth-order valence-corrected chi connectivity index (χ4v) is 1.77. The van der Waals surface area contributed by atoms with Gasteiger partial charge in [-0.05, 0) is 12.8 Å². The second-order valence-electron chi connectivity index (χ2n) is 5.85. The van der Waals surface area contributed by atoms with E-state index in [0.717, 1.165) is 23.7 Å². The Morgan fingerprint density at radius 2 is 1.79 bits per heavy atom. The molecule has 108 valence electrons. The minimum absolute atomic E-state index is 0.141. The van der Waals surface area contributed by atoms with Gasteiger partial charge in [0.25, 0.3) is 0 Å². The van der Waals surface area contributed by atoms with Crippen LogP contribution in [0.4, 0.5) is 11.6 Å². The van der Waals surface area contributed by atoms with Crippen molar-refractivity contribution < 1.29 is 5.11 Å². The lowest BCUT2D eigenvalue weighted by Crippen LogP contribution is -2.27. The molecule has 5 heteroatoms. The number of rotatable bonds is 7. The predicted molar refractivity (Wildman–Crippen MR) is 79.6 cm³/mol. The Labute approximate surface area is 115 Å². The van der Waals surface area contributed by atoms with Gasteiger partial charge in [-0.1, -0.05) is 27.7 Å². The Morgan fingerprint density at radius 3 is 2.26 bits per heavy atom. The number of nitrogens with one attached hydrogen (secondary N) is 2. The van der Waals surface area contributed by atoms with Crippen LogP contribution >= 0.6 is 0 Å². The standard InChI is InChI=1S/C14H26N4O/c1-6-15-12-11(10(2)3)13(18-9-17-12)16-7-14(4,5)8-19/h9-10,19H,6-8H2,1-5H3,(H2,15,16,17,18).